The van der Waals surface area contributed by atoms with Crippen LogP contribution in [0, 0.1) is 5.92 Å². The van der Waals surface area contributed by atoms with E-state index >= 15 is 0 Å². The van der Waals surface area contributed by atoms with Crippen LogP contribution in [0.5, 0.6) is 0 Å². The zero-order valence-corrected chi connectivity index (χ0v) is 14.3. The minimum Gasteiger partial charge on any atom is -0.465 e. The van der Waals surface area contributed by atoms with E-state index < -0.39 is 0 Å². The SMILES string of the molecule is C=C(C)[C@@H](CC=C(C)C)COC(=O)C(CC)c1ccccc1. The van der Waals surface area contributed by atoms with Crippen LogP contribution >= 0.6 is 0 Å². The van der Waals surface area contributed by atoms with Gasteiger partial charge in [-0.3, -0.25) is 4.79 Å². The molecule has 0 aliphatic rings. The van der Waals surface area contributed by atoms with Gasteiger partial charge in [0.15, 0.2) is 0 Å². The normalized spacial score (nSPS) is 13.1. The topological polar surface area (TPSA) is 26.3 Å². The third-order valence-corrected chi connectivity index (χ3v) is 3.83. The molecule has 1 aromatic rings. The molecular weight excluding hydrogens is 272 g/mol. The zero-order chi connectivity index (χ0) is 16.5. The summed E-state index contributed by atoms with van der Waals surface area (Å²) in [5.41, 5.74) is 3.34. The van der Waals surface area contributed by atoms with Crippen LogP contribution in [0.1, 0.15) is 52.0 Å². The molecule has 0 aliphatic carbocycles. The van der Waals surface area contributed by atoms with Crippen molar-refractivity contribution in [2.45, 2.75) is 46.5 Å². The number of benzene rings is 1. The molecule has 0 heterocycles. The van der Waals surface area contributed by atoms with Gasteiger partial charge >= 0.3 is 5.97 Å². The third kappa shape index (κ3) is 5.88. The van der Waals surface area contributed by atoms with E-state index in [4.69, 9.17) is 4.74 Å². The summed E-state index contributed by atoms with van der Waals surface area (Å²) in [6.07, 6.45) is 3.78. The Morgan fingerprint density at radius 2 is 1.86 bits per heavy atom. The van der Waals surface area contributed by atoms with Crippen molar-refractivity contribution >= 4 is 5.97 Å². The summed E-state index contributed by atoms with van der Waals surface area (Å²) in [4.78, 5) is 12.4. The van der Waals surface area contributed by atoms with Gasteiger partial charge in [0.2, 0.25) is 0 Å². The Morgan fingerprint density at radius 1 is 1.23 bits per heavy atom. The first-order valence-corrected chi connectivity index (χ1v) is 7.96. The molecular formula is C20H28O2. The zero-order valence-electron chi connectivity index (χ0n) is 14.3. The average Bonchev–Trinajstić information content (AvgIpc) is 2.48. The molecule has 1 rings (SSSR count). The molecule has 0 radical (unpaired) electrons. The maximum Gasteiger partial charge on any atom is 0.313 e. The lowest BCUT2D eigenvalue weighted by Crippen LogP contribution is -2.20. The summed E-state index contributed by atoms with van der Waals surface area (Å²) in [6.45, 7) is 12.6. The van der Waals surface area contributed by atoms with E-state index in [-0.39, 0.29) is 17.8 Å². The second kappa shape index (κ2) is 9.24. The fraction of sp³-hybridized carbons (Fsp3) is 0.450. The van der Waals surface area contributed by atoms with Crippen LogP contribution in [-0.4, -0.2) is 12.6 Å². The van der Waals surface area contributed by atoms with Gasteiger partial charge in [0.05, 0.1) is 12.5 Å². The number of carbonyl (C=O) groups is 1. The first-order valence-electron chi connectivity index (χ1n) is 7.96. The van der Waals surface area contributed by atoms with Crippen molar-refractivity contribution in [3.8, 4) is 0 Å². The summed E-state index contributed by atoms with van der Waals surface area (Å²) < 4.78 is 5.58. The van der Waals surface area contributed by atoms with Crippen LogP contribution in [-0.2, 0) is 9.53 Å². The molecule has 0 bridgehead atoms. The molecule has 0 spiro atoms. The molecule has 0 N–H and O–H groups in total. The summed E-state index contributed by atoms with van der Waals surface area (Å²) in [6, 6.07) is 9.83. The third-order valence-electron chi connectivity index (χ3n) is 3.83. The van der Waals surface area contributed by atoms with Crippen LogP contribution < -0.4 is 0 Å². The van der Waals surface area contributed by atoms with Crippen molar-refractivity contribution in [1.29, 1.82) is 0 Å². The highest BCUT2D eigenvalue weighted by Crippen LogP contribution is 2.22. The molecule has 2 atom stereocenters. The Hall–Kier alpha value is -1.83. The largest absolute Gasteiger partial charge is 0.465 e. The average molecular weight is 300 g/mol. The standard InChI is InChI=1S/C20H28O2/c1-6-19(17-10-8-7-9-11-17)20(21)22-14-18(16(4)5)13-12-15(2)3/h7-12,18-19H,4,6,13-14H2,1-3,5H3/t18-,19?/m0/s1. The Bertz CT molecular complexity index is 510. The molecule has 120 valence electrons. The van der Waals surface area contributed by atoms with Gasteiger partial charge in [0, 0.05) is 5.92 Å². The molecule has 0 saturated heterocycles. The van der Waals surface area contributed by atoms with E-state index in [0.717, 1.165) is 24.0 Å². The second-order valence-corrected chi connectivity index (χ2v) is 6.06. The van der Waals surface area contributed by atoms with Crippen molar-refractivity contribution in [2.24, 2.45) is 5.92 Å². The molecule has 2 heteroatoms. The second-order valence-electron chi connectivity index (χ2n) is 6.06. The number of hydrogen-bond acceptors (Lipinski definition) is 2. The van der Waals surface area contributed by atoms with Crippen LogP contribution in [0.4, 0.5) is 0 Å². The minimum atomic E-state index is -0.185. The van der Waals surface area contributed by atoms with Crippen molar-refractivity contribution in [3.05, 3.63) is 59.7 Å². The predicted molar refractivity (Wildman–Crippen MR) is 92.8 cm³/mol. The lowest BCUT2D eigenvalue weighted by atomic mass is 9.96. The van der Waals surface area contributed by atoms with Crippen molar-refractivity contribution in [3.63, 3.8) is 0 Å². The van der Waals surface area contributed by atoms with Crippen LogP contribution in [0.15, 0.2) is 54.1 Å². The Morgan fingerprint density at radius 3 is 2.36 bits per heavy atom. The quantitative estimate of drug-likeness (QED) is 0.483. The van der Waals surface area contributed by atoms with Gasteiger partial charge in [-0.25, -0.2) is 0 Å². The molecule has 22 heavy (non-hydrogen) atoms. The highest BCUT2D eigenvalue weighted by Gasteiger charge is 2.21. The highest BCUT2D eigenvalue weighted by molar-refractivity contribution is 5.78. The molecule has 1 unspecified atom stereocenters. The Balaban J connectivity index is 2.65. The first kappa shape index (κ1) is 18.2. The van der Waals surface area contributed by atoms with E-state index in [0.29, 0.717) is 6.61 Å². The van der Waals surface area contributed by atoms with Gasteiger partial charge in [0.1, 0.15) is 0 Å². The number of rotatable bonds is 8. The van der Waals surface area contributed by atoms with Crippen LogP contribution in [0.25, 0.3) is 0 Å². The predicted octanol–water partition coefficient (Wildman–Crippen LogP) is 5.27. The van der Waals surface area contributed by atoms with E-state index in [9.17, 15) is 4.79 Å². The first-order chi connectivity index (χ1) is 10.5. The molecule has 0 aliphatic heterocycles. The number of hydrogen-bond donors (Lipinski definition) is 0. The highest BCUT2D eigenvalue weighted by atomic mass is 16.5. The lowest BCUT2D eigenvalue weighted by Gasteiger charge is -2.19. The maximum absolute atomic E-state index is 12.4. The van der Waals surface area contributed by atoms with Gasteiger partial charge in [-0.2, -0.15) is 0 Å². The van der Waals surface area contributed by atoms with E-state index in [1.54, 1.807) is 0 Å². The number of ether oxygens (including phenoxy) is 1. The number of allylic oxidation sites excluding steroid dienone is 2. The Labute approximate surface area is 134 Å². The summed E-state index contributed by atoms with van der Waals surface area (Å²) in [7, 11) is 0. The van der Waals surface area contributed by atoms with Crippen LogP contribution in [0.2, 0.25) is 0 Å². The van der Waals surface area contributed by atoms with E-state index in [1.807, 2.05) is 44.2 Å². The van der Waals surface area contributed by atoms with E-state index in [2.05, 4.69) is 26.5 Å². The molecule has 0 fully saturated rings. The van der Waals surface area contributed by atoms with Gasteiger partial charge < -0.3 is 4.74 Å². The summed E-state index contributed by atoms with van der Waals surface area (Å²) in [5.74, 6) is -0.139. The lowest BCUT2D eigenvalue weighted by molar-refractivity contribution is -0.146. The minimum absolute atomic E-state index is 0.142. The van der Waals surface area contributed by atoms with Gasteiger partial charge in [-0.1, -0.05) is 61.1 Å². The van der Waals surface area contributed by atoms with Gasteiger partial charge in [0.25, 0.3) is 0 Å². The van der Waals surface area contributed by atoms with Crippen molar-refractivity contribution < 1.29 is 9.53 Å². The van der Waals surface area contributed by atoms with E-state index in [1.165, 1.54) is 5.57 Å². The molecule has 2 nitrogen and oxygen atoms in total. The number of esters is 1. The fourth-order valence-electron chi connectivity index (χ4n) is 2.30. The summed E-state index contributed by atoms with van der Waals surface area (Å²) >= 11 is 0. The van der Waals surface area contributed by atoms with Crippen molar-refractivity contribution in [1.82, 2.24) is 0 Å². The fourth-order valence-corrected chi connectivity index (χ4v) is 2.30. The van der Waals surface area contributed by atoms with Gasteiger partial charge in [-0.05, 0) is 39.2 Å². The monoisotopic (exact) mass is 300 g/mol. The molecule has 0 aromatic heterocycles. The molecule has 0 saturated carbocycles. The van der Waals surface area contributed by atoms with Crippen molar-refractivity contribution in [2.75, 3.05) is 6.61 Å². The Kier molecular flexibility index (Phi) is 7.65. The molecule has 1 aromatic carbocycles. The number of carbonyl (C=O) groups excluding carboxylic acids is 1. The van der Waals surface area contributed by atoms with Crippen LogP contribution in [0.3, 0.4) is 0 Å². The molecule has 0 amide bonds. The van der Waals surface area contributed by atoms with Gasteiger partial charge in [-0.15, -0.1) is 0 Å². The smallest absolute Gasteiger partial charge is 0.313 e. The maximum atomic E-state index is 12.4. The summed E-state index contributed by atoms with van der Waals surface area (Å²) in [5, 5.41) is 0.